The molecule has 0 heterocycles. The molecule has 0 aliphatic heterocycles. The van der Waals surface area contributed by atoms with Crippen LogP contribution in [0.5, 0.6) is 0 Å². The molecule has 3 heteroatoms. The summed E-state index contributed by atoms with van der Waals surface area (Å²) in [4.78, 5) is 0. The second-order valence-corrected chi connectivity index (χ2v) is 3.17. The summed E-state index contributed by atoms with van der Waals surface area (Å²) in [6.07, 6.45) is 1.97. The molecule has 0 bridgehead atoms. The standard InChI is InChI=1S/C5H11BS2/c1-2-5(3-6)4-8-7/h5,7H,2-4H2,1H3/t5-/m0/s1. The van der Waals surface area contributed by atoms with Crippen LogP contribution in [0.4, 0.5) is 0 Å². The molecule has 0 aromatic carbocycles. The molecule has 0 spiro atoms. The molecule has 1 atom stereocenters. The lowest BCUT2D eigenvalue weighted by atomic mass is 9.91. The largest absolute Gasteiger partial charge is 0.111 e. The van der Waals surface area contributed by atoms with Crippen molar-refractivity contribution in [2.75, 3.05) is 5.75 Å². The van der Waals surface area contributed by atoms with Gasteiger partial charge in [0.1, 0.15) is 0 Å². The molecule has 2 radical (unpaired) electrons. The van der Waals surface area contributed by atoms with Crippen molar-refractivity contribution in [3.8, 4) is 0 Å². The van der Waals surface area contributed by atoms with Gasteiger partial charge in [-0.3, -0.25) is 0 Å². The molecule has 0 N–H and O–H groups in total. The summed E-state index contributed by atoms with van der Waals surface area (Å²) in [5, 5.41) is 0. The zero-order valence-corrected chi connectivity index (χ0v) is 6.84. The first kappa shape index (κ1) is 8.76. The summed E-state index contributed by atoms with van der Waals surface area (Å²) in [5.74, 6) is 1.74. The first-order chi connectivity index (χ1) is 3.85. The third-order valence-electron chi connectivity index (χ3n) is 1.22. The highest BCUT2D eigenvalue weighted by atomic mass is 33.1. The van der Waals surface area contributed by atoms with E-state index < -0.39 is 0 Å². The normalized spacial score (nSPS) is 13.8. The Labute approximate surface area is 62.0 Å². The summed E-state index contributed by atoms with van der Waals surface area (Å²) in [6, 6.07) is 0. The highest BCUT2D eigenvalue weighted by Crippen LogP contribution is 2.16. The van der Waals surface area contributed by atoms with Crippen molar-refractivity contribution in [1.29, 1.82) is 0 Å². The van der Waals surface area contributed by atoms with Gasteiger partial charge in [0.05, 0.1) is 7.85 Å². The predicted octanol–water partition coefficient (Wildman–Crippen LogP) is 2.18. The van der Waals surface area contributed by atoms with Crippen LogP contribution in [-0.4, -0.2) is 13.6 Å². The molecule has 0 amide bonds. The van der Waals surface area contributed by atoms with Crippen molar-refractivity contribution in [3.63, 3.8) is 0 Å². The lowest BCUT2D eigenvalue weighted by Crippen LogP contribution is -1.98. The van der Waals surface area contributed by atoms with Crippen molar-refractivity contribution in [3.05, 3.63) is 0 Å². The zero-order valence-electron chi connectivity index (χ0n) is 5.13. The van der Waals surface area contributed by atoms with Crippen LogP contribution in [0.3, 0.4) is 0 Å². The topological polar surface area (TPSA) is 0 Å². The Balaban J connectivity index is 3.07. The lowest BCUT2D eigenvalue weighted by Gasteiger charge is -2.07. The fourth-order valence-corrected chi connectivity index (χ4v) is 1.67. The first-order valence-electron chi connectivity index (χ1n) is 2.81. The molecule has 0 saturated heterocycles. The van der Waals surface area contributed by atoms with Gasteiger partial charge in [-0.15, -0.1) is 11.7 Å². The van der Waals surface area contributed by atoms with Crippen LogP contribution in [0, 0.1) is 5.92 Å². The minimum atomic E-state index is 0.664. The van der Waals surface area contributed by atoms with E-state index in [1.54, 1.807) is 10.8 Å². The van der Waals surface area contributed by atoms with E-state index in [1.165, 1.54) is 6.42 Å². The maximum absolute atomic E-state index is 5.42. The SMILES string of the molecule is [B]C[C@H](CC)CSS. The Morgan fingerprint density at radius 1 is 1.75 bits per heavy atom. The zero-order chi connectivity index (χ0) is 6.41. The fourth-order valence-electron chi connectivity index (χ4n) is 0.458. The summed E-state index contributed by atoms with van der Waals surface area (Å²) in [6.45, 7) is 2.15. The number of thiol groups is 1. The van der Waals surface area contributed by atoms with Gasteiger partial charge in [0.2, 0.25) is 0 Å². The minimum absolute atomic E-state index is 0.664. The van der Waals surface area contributed by atoms with Crippen molar-refractivity contribution in [2.24, 2.45) is 5.92 Å². The highest BCUT2D eigenvalue weighted by molar-refractivity contribution is 8.68. The van der Waals surface area contributed by atoms with Crippen molar-refractivity contribution >= 4 is 30.3 Å². The highest BCUT2D eigenvalue weighted by Gasteiger charge is 1.99. The third-order valence-corrected chi connectivity index (χ3v) is 2.29. The molecule has 0 aliphatic carbocycles. The van der Waals surface area contributed by atoms with Crippen molar-refractivity contribution in [2.45, 2.75) is 19.7 Å². The molecule has 0 nitrogen and oxygen atoms in total. The molecule has 0 saturated carbocycles. The van der Waals surface area contributed by atoms with Crippen LogP contribution in [-0.2, 0) is 0 Å². The van der Waals surface area contributed by atoms with E-state index in [-0.39, 0.29) is 0 Å². The van der Waals surface area contributed by atoms with E-state index in [0.29, 0.717) is 5.92 Å². The maximum atomic E-state index is 5.42. The summed E-state index contributed by atoms with van der Waals surface area (Å²) >= 11 is 4.03. The second kappa shape index (κ2) is 5.89. The van der Waals surface area contributed by atoms with Gasteiger partial charge in [-0.1, -0.05) is 30.5 Å². The van der Waals surface area contributed by atoms with E-state index >= 15 is 0 Å². The van der Waals surface area contributed by atoms with Gasteiger partial charge in [-0.25, -0.2) is 0 Å². The molecular weight excluding hydrogens is 135 g/mol. The van der Waals surface area contributed by atoms with Gasteiger partial charge in [0.15, 0.2) is 0 Å². The number of hydrogen-bond acceptors (Lipinski definition) is 2. The lowest BCUT2D eigenvalue weighted by molar-refractivity contribution is 0.637. The molecule has 0 fully saturated rings. The maximum Gasteiger partial charge on any atom is 0.0657 e. The summed E-state index contributed by atoms with van der Waals surface area (Å²) < 4.78 is 0. The van der Waals surface area contributed by atoms with Gasteiger partial charge >= 0.3 is 0 Å². The van der Waals surface area contributed by atoms with E-state index in [4.69, 9.17) is 7.85 Å². The number of hydrogen-bond donors (Lipinski definition) is 1. The van der Waals surface area contributed by atoms with Crippen molar-refractivity contribution < 1.29 is 0 Å². The van der Waals surface area contributed by atoms with Crippen LogP contribution in [0.25, 0.3) is 0 Å². The Kier molecular flexibility index (Phi) is 6.46. The van der Waals surface area contributed by atoms with Gasteiger partial charge < -0.3 is 0 Å². The van der Waals surface area contributed by atoms with Gasteiger partial charge in [0, 0.05) is 5.75 Å². The average molecular weight is 146 g/mol. The fraction of sp³-hybridized carbons (Fsp3) is 1.00. The summed E-state index contributed by atoms with van der Waals surface area (Å²) in [7, 11) is 7.00. The van der Waals surface area contributed by atoms with Crippen LogP contribution in [0.2, 0.25) is 6.32 Å². The van der Waals surface area contributed by atoms with E-state index in [0.717, 1.165) is 12.1 Å². The van der Waals surface area contributed by atoms with E-state index in [1.807, 2.05) is 0 Å². The predicted molar refractivity (Wildman–Crippen MR) is 45.8 cm³/mol. The molecule has 46 valence electrons. The Morgan fingerprint density at radius 3 is 2.50 bits per heavy atom. The van der Waals surface area contributed by atoms with E-state index in [9.17, 15) is 0 Å². The molecule has 0 aromatic rings. The average Bonchev–Trinajstić information content (AvgIpc) is 1.83. The molecule has 0 aromatic heterocycles. The Bertz CT molecular complexity index is 45.7. The van der Waals surface area contributed by atoms with Gasteiger partial charge in [-0.2, -0.15) is 0 Å². The van der Waals surface area contributed by atoms with Crippen LogP contribution in [0.15, 0.2) is 0 Å². The summed E-state index contributed by atoms with van der Waals surface area (Å²) in [5.41, 5.74) is 0. The van der Waals surface area contributed by atoms with Crippen LogP contribution >= 0.6 is 22.5 Å². The quantitative estimate of drug-likeness (QED) is 0.360. The molecule has 0 aliphatic rings. The smallest absolute Gasteiger partial charge is 0.0657 e. The Hall–Kier alpha value is 0.765. The van der Waals surface area contributed by atoms with E-state index in [2.05, 4.69) is 18.6 Å². The third kappa shape index (κ3) is 3.73. The number of rotatable bonds is 4. The molecule has 0 rings (SSSR count). The second-order valence-electron chi connectivity index (χ2n) is 1.81. The monoisotopic (exact) mass is 146 g/mol. The van der Waals surface area contributed by atoms with Gasteiger partial charge in [0.25, 0.3) is 0 Å². The Morgan fingerprint density at radius 2 is 2.38 bits per heavy atom. The van der Waals surface area contributed by atoms with Crippen LogP contribution < -0.4 is 0 Å². The molecule has 0 unspecified atom stereocenters. The molecular formula is C5H11BS2. The minimum Gasteiger partial charge on any atom is -0.111 e. The first-order valence-corrected chi connectivity index (χ1v) is 4.85. The molecule has 8 heavy (non-hydrogen) atoms. The van der Waals surface area contributed by atoms with Gasteiger partial charge in [-0.05, 0) is 5.92 Å². The van der Waals surface area contributed by atoms with Crippen LogP contribution in [0.1, 0.15) is 13.3 Å². The van der Waals surface area contributed by atoms with Crippen molar-refractivity contribution in [1.82, 2.24) is 0 Å².